The number of rotatable bonds is 4. The van der Waals surface area contributed by atoms with Crippen molar-refractivity contribution in [3.63, 3.8) is 0 Å². The summed E-state index contributed by atoms with van der Waals surface area (Å²) in [5, 5.41) is 10.9. The van der Waals surface area contributed by atoms with Crippen molar-refractivity contribution < 1.29 is 5.11 Å². The van der Waals surface area contributed by atoms with Gasteiger partial charge in [0.25, 0.3) is 0 Å². The largest absolute Gasteiger partial charge is 0.389 e. The maximum Gasteiger partial charge on any atom is 0.103 e. The molecule has 0 bridgehead atoms. The predicted octanol–water partition coefficient (Wildman–Crippen LogP) is 2.47. The zero-order chi connectivity index (χ0) is 11.3. The van der Waals surface area contributed by atoms with Gasteiger partial charge in [0.15, 0.2) is 0 Å². The molecule has 82 valence electrons. The van der Waals surface area contributed by atoms with Gasteiger partial charge in [0, 0.05) is 0 Å². The fourth-order valence-corrected chi connectivity index (χ4v) is 3.40. The Hall–Kier alpha value is -0.863. The molecule has 0 aromatic heterocycles. The van der Waals surface area contributed by atoms with E-state index in [1.54, 1.807) is 0 Å². The van der Waals surface area contributed by atoms with Crippen LogP contribution in [-0.2, 0) is 0 Å². The van der Waals surface area contributed by atoms with Crippen LogP contribution in [0.25, 0.3) is 0 Å². The molecule has 0 fully saturated rings. The van der Waals surface area contributed by atoms with Gasteiger partial charge in [-0.05, 0) is 6.42 Å². The molecule has 15 heavy (non-hydrogen) atoms. The summed E-state index contributed by atoms with van der Waals surface area (Å²) < 4.78 is 0. The molecule has 0 aliphatic heterocycles. The van der Waals surface area contributed by atoms with E-state index in [-0.39, 0.29) is 6.10 Å². The number of aliphatic hydroxyl groups is 1. The van der Waals surface area contributed by atoms with Crippen molar-refractivity contribution >= 4 is 13.3 Å². The van der Waals surface area contributed by atoms with Crippen LogP contribution in [0, 0.1) is 0 Å². The summed E-state index contributed by atoms with van der Waals surface area (Å²) in [6.07, 6.45) is 2.44. The molecular weight excluding hydrogens is 200 g/mol. The summed E-state index contributed by atoms with van der Waals surface area (Å²) in [5.41, 5.74) is 2.22. The van der Waals surface area contributed by atoms with E-state index in [0.29, 0.717) is 0 Å². The normalized spacial score (nSPS) is 14.4. The zero-order valence-electron chi connectivity index (χ0n) is 9.77. The summed E-state index contributed by atoms with van der Waals surface area (Å²) in [7, 11) is -1.50. The molecule has 1 rings (SSSR count). The lowest BCUT2D eigenvalue weighted by atomic mass is 10.3. The fraction of sp³-hybridized carbons (Fsp3) is 0.385. The van der Waals surface area contributed by atoms with Gasteiger partial charge < -0.3 is 5.11 Å². The SMILES string of the molecule is CC[C@H](O)/C=C/[Si](C)(C)c1ccccc1. The maximum absolute atomic E-state index is 9.50. The van der Waals surface area contributed by atoms with Crippen LogP contribution in [0.4, 0.5) is 0 Å². The van der Waals surface area contributed by atoms with Crippen molar-refractivity contribution in [2.75, 3.05) is 0 Å². The maximum atomic E-state index is 9.50. The van der Waals surface area contributed by atoms with E-state index in [0.717, 1.165) is 6.42 Å². The second-order valence-electron chi connectivity index (χ2n) is 4.42. The third-order valence-electron chi connectivity index (χ3n) is 2.67. The van der Waals surface area contributed by atoms with Gasteiger partial charge in [0.1, 0.15) is 8.07 Å². The Kier molecular flexibility index (Phi) is 4.30. The number of benzene rings is 1. The predicted molar refractivity (Wildman–Crippen MR) is 69.0 cm³/mol. The van der Waals surface area contributed by atoms with Crippen molar-refractivity contribution in [2.45, 2.75) is 32.5 Å². The molecule has 0 aliphatic rings. The highest BCUT2D eigenvalue weighted by atomic mass is 28.3. The van der Waals surface area contributed by atoms with Gasteiger partial charge in [0.05, 0.1) is 6.10 Å². The van der Waals surface area contributed by atoms with Crippen molar-refractivity contribution in [3.05, 3.63) is 42.1 Å². The molecule has 0 radical (unpaired) electrons. The summed E-state index contributed by atoms with van der Waals surface area (Å²) in [4.78, 5) is 0. The van der Waals surface area contributed by atoms with Gasteiger partial charge in [-0.3, -0.25) is 0 Å². The minimum Gasteiger partial charge on any atom is -0.389 e. The van der Waals surface area contributed by atoms with Crippen LogP contribution in [-0.4, -0.2) is 19.3 Å². The van der Waals surface area contributed by atoms with E-state index in [1.807, 2.05) is 19.1 Å². The van der Waals surface area contributed by atoms with E-state index in [9.17, 15) is 5.11 Å². The number of hydrogen-bond acceptors (Lipinski definition) is 1. The highest BCUT2D eigenvalue weighted by Crippen LogP contribution is 2.06. The summed E-state index contributed by atoms with van der Waals surface area (Å²) in [5.74, 6) is 0. The van der Waals surface area contributed by atoms with Gasteiger partial charge in [-0.2, -0.15) is 0 Å². The van der Waals surface area contributed by atoms with Crippen molar-refractivity contribution in [1.29, 1.82) is 0 Å². The van der Waals surface area contributed by atoms with Gasteiger partial charge >= 0.3 is 0 Å². The molecular formula is C13H20OSi. The number of aliphatic hydroxyl groups excluding tert-OH is 1. The third kappa shape index (κ3) is 3.65. The Morgan fingerprint density at radius 2 is 1.87 bits per heavy atom. The third-order valence-corrected chi connectivity index (χ3v) is 5.52. The summed E-state index contributed by atoms with van der Waals surface area (Å²) in [6.45, 7) is 6.58. The molecule has 0 amide bonds. The molecule has 0 aliphatic carbocycles. The molecule has 0 heterocycles. The van der Waals surface area contributed by atoms with E-state index in [1.165, 1.54) is 5.19 Å². The lowest BCUT2D eigenvalue weighted by Crippen LogP contribution is -2.39. The lowest BCUT2D eigenvalue weighted by molar-refractivity contribution is 0.219. The second-order valence-corrected chi connectivity index (χ2v) is 8.78. The Morgan fingerprint density at radius 1 is 1.27 bits per heavy atom. The van der Waals surface area contributed by atoms with Crippen LogP contribution in [0.15, 0.2) is 42.1 Å². The Morgan fingerprint density at radius 3 is 2.40 bits per heavy atom. The highest BCUT2D eigenvalue weighted by Gasteiger charge is 2.19. The first kappa shape index (κ1) is 12.2. The molecule has 0 saturated heterocycles. The molecule has 1 aromatic rings. The molecule has 1 atom stereocenters. The average molecular weight is 220 g/mol. The summed E-state index contributed by atoms with van der Waals surface area (Å²) in [6, 6.07) is 10.5. The molecule has 1 aromatic carbocycles. The van der Waals surface area contributed by atoms with Crippen molar-refractivity contribution in [1.82, 2.24) is 0 Å². The second kappa shape index (κ2) is 5.28. The van der Waals surface area contributed by atoms with Crippen LogP contribution < -0.4 is 5.19 Å². The first-order valence-electron chi connectivity index (χ1n) is 5.49. The van der Waals surface area contributed by atoms with Crippen molar-refractivity contribution in [2.24, 2.45) is 0 Å². The smallest absolute Gasteiger partial charge is 0.103 e. The van der Waals surface area contributed by atoms with E-state index < -0.39 is 8.07 Å². The summed E-state index contributed by atoms with van der Waals surface area (Å²) >= 11 is 0. The van der Waals surface area contributed by atoms with Crippen LogP contribution in [0.1, 0.15) is 13.3 Å². The van der Waals surface area contributed by atoms with Gasteiger partial charge in [-0.1, -0.05) is 67.3 Å². The van der Waals surface area contributed by atoms with Crippen LogP contribution in [0.5, 0.6) is 0 Å². The van der Waals surface area contributed by atoms with Gasteiger partial charge in [-0.25, -0.2) is 0 Å². The topological polar surface area (TPSA) is 20.2 Å². The Balaban J connectivity index is 2.80. The highest BCUT2D eigenvalue weighted by molar-refractivity contribution is 6.93. The van der Waals surface area contributed by atoms with Crippen LogP contribution >= 0.6 is 0 Å². The molecule has 1 nitrogen and oxygen atoms in total. The Labute approximate surface area is 93.5 Å². The molecule has 0 unspecified atom stereocenters. The number of hydrogen-bond donors (Lipinski definition) is 1. The quantitative estimate of drug-likeness (QED) is 0.773. The van der Waals surface area contributed by atoms with E-state index >= 15 is 0 Å². The van der Waals surface area contributed by atoms with Crippen LogP contribution in [0.2, 0.25) is 13.1 Å². The first-order chi connectivity index (χ1) is 7.06. The van der Waals surface area contributed by atoms with Gasteiger partial charge in [0.2, 0.25) is 0 Å². The molecule has 2 heteroatoms. The van der Waals surface area contributed by atoms with Gasteiger partial charge in [-0.15, -0.1) is 0 Å². The van der Waals surface area contributed by atoms with E-state index in [4.69, 9.17) is 0 Å². The molecule has 0 saturated carbocycles. The standard InChI is InChI=1S/C13H20OSi/c1-4-12(14)10-11-15(2,3)13-8-6-5-7-9-13/h5-12,14H,4H2,1-3H3/b11-10+/t12-/m0/s1. The molecule has 0 spiro atoms. The lowest BCUT2D eigenvalue weighted by Gasteiger charge is -2.18. The average Bonchev–Trinajstić information content (AvgIpc) is 2.27. The molecule has 1 N–H and O–H groups in total. The van der Waals surface area contributed by atoms with E-state index in [2.05, 4.69) is 43.1 Å². The van der Waals surface area contributed by atoms with Crippen molar-refractivity contribution in [3.8, 4) is 0 Å². The Bertz CT molecular complexity index is 317. The monoisotopic (exact) mass is 220 g/mol. The minimum absolute atomic E-state index is 0.291. The van der Waals surface area contributed by atoms with Crippen LogP contribution in [0.3, 0.4) is 0 Å². The zero-order valence-corrected chi connectivity index (χ0v) is 10.8. The first-order valence-corrected chi connectivity index (χ1v) is 8.57. The fourth-order valence-electron chi connectivity index (χ4n) is 1.45. The minimum atomic E-state index is -1.50.